The number of ether oxygens (including phenoxy) is 5. The fourth-order valence-electron chi connectivity index (χ4n) is 3.78. The molecule has 0 heterocycles. The molecule has 6 nitrogen and oxygen atoms in total. The smallest absolute Gasteiger partial charge is 0.172 e. The summed E-state index contributed by atoms with van der Waals surface area (Å²) in [5, 5.41) is 0. The van der Waals surface area contributed by atoms with Crippen LogP contribution in [0.1, 0.15) is 91.6 Å². The molecule has 0 aliphatic rings. The second-order valence-corrected chi connectivity index (χ2v) is 13.0. The zero-order chi connectivity index (χ0) is 30.5. The Kier molecular flexibility index (Phi) is 14.4. The van der Waals surface area contributed by atoms with Gasteiger partial charge in [-0.25, -0.2) is 0 Å². The zero-order valence-corrected chi connectivity index (χ0v) is 27.2. The van der Waals surface area contributed by atoms with Gasteiger partial charge in [0.05, 0.1) is 38.6 Å². The molecule has 0 saturated carbocycles. The summed E-state index contributed by atoms with van der Waals surface area (Å²) in [6, 6.07) is 9.55. The number of hydrogen-bond acceptors (Lipinski definition) is 6. The number of ketones is 1. The average Bonchev–Trinajstić information content (AvgIpc) is 2.90. The van der Waals surface area contributed by atoms with Crippen molar-refractivity contribution < 1.29 is 28.5 Å². The lowest BCUT2D eigenvalue weighted by Gasteiger charge is -2.20. The molecule has 0 atom stereocenters. The Morgan fingerprint density at radius 3 is 1.61 bits per heavy atom. The maximum atomic E-state index is 13.9. The number of hydrogen-bond donors (Lipinski definition) is 0. The lowest BCUT2D eigenvalue weighted by atomic mass is 10.00. The average molecular weight is 571 g/mol. The molecular formula is C35H54O6. The van der Waals surface area contributed by atoms with Crippen LogP contribution in [-0.4, -0.2) is 38.8 Å². The maximum Gasteiger partial charge on any atom is 0.172 e. The first-order chi connectivity index (χ1) is 19.3. The molecule has 0 fully saturated rings. The highest BCUT2D eigenvalue weighted by Gasteiger charge is 2.22. The van der Waals surface area contributed by atoms with Gasteiger partial charge >= 0.3 is 0 Å². The highest BCUT2D eigenvalue weighted by Crippen LogP contribution is 2.38. The molecule has 0 aromatic heterocycles. The number of aryl methyl sites for hydroxylation is 1. The second-order valence-electron chi connectivity index (χ2n) is 13.0. The van der Waals surface area contributed by atoms with Crippen molar-refractivity contribution in [2.24, 2.45) is 29.6 Å². The Bertz CT molecular complexity index is 1070. The minimum atomic E-state index is -0.0311. The molecule has 2 rings (SSSR count). The van der Waals surface area contributed by atoms with E-state index in [2.05, 4.69) is 69.2 Å². The van der Waals surface area contributed by atoms with Crippen LogP contribution in [0.15, 0.2) is 30.3 Å². The van der Waals surface area contributed by atoms with E-state index in [4.69, 9.17) is 23.7 Å². The number of benzene rings is 2. The van der Waals surface area contributed by atoms with E-state index >= 15 is 0 Å². The van der Waals surface area contributed by atoms with Crippen molar-refractivity contribution in [1.29, 1.82) is 0 Å². The second kappa shape index (κ2) is 17.2. The Morgan fingerprint density at radius 1 is 0.561 bits per heavy atom. The van der Waals surface area contributed by atoms with Crippen molar-refractivity contribution >= 4 is 5.78 Å². The van der Waals surface area contributed by atoms with Crippen molar-refractivity contribution in [1.82, 2.24) is 0 Å². The quantitative estimate of drug-likeness (QED) is 0.157. The van der Waals surface area contributed by atoms with Crippen LogP contribution in [0.2, 0.25) is 0 Å². The fourth-order valence-corrected chi connectivity index (χ4v) is 3.78. The summed E-state index contributed by atoms with van der Waals surface area (Å²) in [7, 11) is 0. The van der Waals surface area contributed by atoms with Gasteiger partial charge < -0.3 is 23.7 Å². The van der Waals surface area contributed by atoms with E-state index in [1.54, 1.807) is 6.07 Å². The Labute approximate surface area is 249 Å². The number of carbonyl (C=O) groups is 1. The molecule has 2 aromatic rings. The Morgan fingerprint density at radius 2 is 1.05 bits per heavy atom. The summed E-state index contributed by atoms with van der Waals surface area (Å²) < 4.78 is 30.6. The minimum absolute atomic E-state index is 0.0311. The van der Waals surface area contributed by atoms with Crippen LogP contribution in [0.3, 0.4) is 0 Å². The summed E-state index contributed by atoms with van der Waals surface area (Å²) in [4.78, 5) is 13.9. The van der Waals surface area contributed by atoms with Gasteiger partial charge in [-0.05, 0) is 65.8 Å². The fraction of sp³-hybridized carbons (Fsp3) is 0.629. The molecule has 0 unspecified atom stereocenters. The molecular weight excluding hydrogens is 516 g/mol. The topological polar surface area (TPSA) is 63.2 Å². The lowest BCUT2D eigenvalue weighted by molar-refractivity contribution is 0.0975. The predicted molar refractivity (Wildman–Crippen MR) is 167 cm³/mol. The number of carbonyl (C=O) groups excluding carboxylic acids is 1. The molecule has 0 bridgehead atoms. The van der Waals surface area contributed by atoms with Gasteiger partial charge in [0.25, 0.3) is 0 Å². The van der Waals surface area contributed by atoms with Crippen LogP contribution in [0, 0.1) is 29.6 Å². The molecule has 230 valence electrons. The van der Waals surface area contributed by atoms with E-state index in [9.17, 15) is 4.79 Å². The van der Waals surface area contributed by atoms with Gasteiger partial charge in [0.1, 0.15) is 17.2 Å². The van der Waals surface area contributed by atoms with E-state index < -0.39 is 0 Å². The van der Waals surface area contributed by atoms with Gasteiger partial charge in [-0.1, -0.05) is 69.2 Å². The third-order valence-corrected chi connectivity index (χ3v) is 5.85. The number of Topliss-reactive ketones (excluding diaryl/α,β-unsaturated/α-hetero) is 1. The first kappa shape index (κ1) is 34.3. The molecule has 6 heteroatoms. The molecule has 0 radical (unpaired) electrons. The van der Waals surface area contributed by atoms with Crippen LogP contribution in [0.4, 0.5) is 0 Å². The Hall–Kier alpha value is -2.89. The van der Waals surface area contributed by atoms with Crippen LogP contribution in [0.5, 0.6) is 28.7 Å². The van der Waals surface area contributed by atoms with E-state index in [0.717, 1.165) is 17.1 Å². The van der Waals surface area contributed by atoms with Crippen LogP contribution in [0.25, 0.3) is 0 Å². The van der Waals surface area contributed by atoms with Crippen LogP contribution < -0.4 is 23.7 Å². The summed E-state index contributed by atoms with van der Waals surface area (Å²) in [6.45, 7) is 23.8. The van der Waals surface area contributed by atoms with Gasteiger partial charge in [0.2, 0.25) is 0 Å². The summed E-state index contributed by atoms with van der Waals surface area (Å²) in [6.07, 6.45) is 0.787. The van der Waals surface area contributed by atoms with Crippen molar-refractivity contribution in [2.75, 3.05) is 33.0 Å². The van der Waals surface area contributed by atoms with Crippen molar-refractivity contribution in [2.45, 2.75) is 82.1 Å². The van der Waals surface area contributed by atoms with Crippen LogP contribution in [-0.2, 0) is 6.42 Å². The lowest BCUT2D eigenvalue weighted by Crippen LogP contribution is -2.14. The maximum absolute atomic E-state index is 13.9. The SMILES string of the molecule is CC(C)COc1ccc(OCC(C)C)c(CCC(=O)c2cc(OCC(C)C)cc(OCC(C)C)c2OCC(C)C)c1. The van der Waals surface area contributed by atoms with E-state index in [-0.39, 0.29) is 12.2 Å². The summed E-state index contributed by atoms with van der Waals surface area (Å²) in [5.74, 6) is 4.96. The van der Waals surface area contributed by atoms with Crippen molar-refractivity contribution in [3.05, 3.63) is 41.5 Å². The van der Waals surface area contributed by atoms with Gasteiger partial charge in [0, 0.05) is 12.5 Å². The highest BCUT2D eigenvalue weighted by atomic mass is 16.5. The predicted octanol–water partition coefficient (Wildman–Crippen LogP) is 8.68. The Balaban J connectivity index is 2.42. The first-order valence-electron chi connectivity index (χ1n) is 15.3. The normalized spacial score (nSPS) is 11.6. The molecule has 0 aliphatic carbocycles. The molecule has 41 heavy (non-hydrogen) atoms. The molecule has 2 aromatic carbocycles. The van der Waals surface area contributed by atoms with E-state index in [1.807, 2.05) is 24.3 Å². The molecule has 0 amide bonds. The van der Waals surface area contributed by atoms with Gasteiger partial charge in [-0.15, -0.1) is 0 Å². The molecule has 0 aliphatic heterocycles. The van der Waals surface area contributed by atoms with Gasteiger partial charge in [-0.3, -0.25) is 4.79 Å². The third kappa shape index (κ3) is 12.7. The molecule has 0 saturated heterocycles. The third-order valence-electron chi connectivity index (χ3n) is 5.85. The minimum Gasteiger partial charge on any atom is -0.493 e. The first-order valence-corrected chi connectivity index (χ1v) is 15.3. The standard InChI is InChI=1S/C35H54O6/c1-23(2)18-37-29-12-14-33(39-20-25(5)6)28(15-29)11-13-32(36)31-16-30(38-19-24(3)4)17-34(40-21-26(7)8)35(31)41-22-27(9)10/h12,14-17,23-27H,11,13,18-22H2,1-10H3. The largest absolute Gasteiger partial charge is 0.493 e. The van der Waals surface area contributed by atoms with Crippen LogP contribution >= 0.6 is 0 Å². The van der Waals surface area contributed by atoms with Crippen molar-refractivity contribution in [3.63, 3.8) is 0 Å². The van der Waals surface area contributed by atoms with E-state index in [1.165, 1.54) is 0 Å². The molecule has 0 spiro atoms. The monoisotopic (exact) mass is 570 g/mol. The number of rotatable bonds is 19. The highest BCUT2D eigenvalue weighted by molar-refractivity contribution is 6.00. The van der Waals surface area contributed by atoms with Gasteiger partial charge in [0.15, 0.2) is 17.3 Å². The zero-order valence-electron chi connectivity index (χ0n) is 27.2. The molecule has 0 N–H and O–H groups in total. The summed E-state index contributed by atoms with van der Waals surface area (Å²) >= 11 is 0. The van der Waals surface area contributed by atoms with E-state index in [0.29, 0.717) is 91.9 Å². The van der Waals surface area contributed by atoms with Gasteiger partial charge in [-0.2, -0.15) is 0 Å². The summed E-state index contributed by atoms with van der Waals surface area (Å²) in [5.41, 5.74) is 1.44. The van der Waals surface area contributed by atoms with Crippen molar-refractivity contribution in [3.8, 4) is 28.7 Å².